The zero-order valence-corrected chi connectivity index (χ0v) is 15.6. The minimum Gasteiger partial charge on any atom is -0.462 e. The van der Waals surface area contributed by atoms with Crippen molar-refractivity contribution in [1.29, 1.82) is 0 Å². The first-order valence-electron chi connectivity index (χ1n) is 8.76. The Morgan fingerprint density at radius 3 is 2.41 bits per heavy atom. The second kappa shape index (κ2) is 8.31. The van der Waals surface area contributed by atoms with Crippen LogP contribution in [0.2, 0.25) is 0 Å². The van der Waals surface area contributed by atoms with E-state index >= 15 is 0 Å². The average molecular weight is 362 g/mol. The third kappa shape index (κ3) is 4.61. The number of esters is 1. The first kappa shape index (κ1) is 18.4. The minimum absolute atomic E-state index is 0.328. The Morgan fingerprint density at radius 1 is 1.00 bits per heavy atom. The molecule has 27 heavy (non-hydrogen) atoms. The smallest absolute Gasteiger partial charge is 0.338 e. The fraction of sp³-hybridized carbons (Fsp3) is 0.190. The van der Waals surface area contributed by atoms with E-state index in [2.05, 4.69) is 40.5 Å². The third-order valence-electron chi connectivity index (χ3n) is 4.20. The molecule has 3 rings (SSSR count). The van der Waals surface area contributed by atoms with Gasteiger partial charge in [-0.1, -0.05) is 12.1 Å². The van der Waals surface area contributed by atoms with E-state index in [1.54, 1.807) is 19.1 Å². The molecule has 0 aliphatic heterocycles. The van der Waals surface area contributed by atoms with Crippen LogP contribution in [0.1, 0.15) is 28.4 Å². The number of benzene rings is 2. The van der Waals surface area contributed by atoms with Crippen LogP contribution in [0, 0.1) is 13.8 Å². The molecule has 0 fully saturated rings. The molecule has 0 aliphatic carbocycles. The lowest BCUT2D eigenvalue weighted by Gasteiger charge is -2.12. The predicted octanol–water partition coefficient (Wildman–Crippen LogP) is 4.76. The molecule has 2 aromatic carbocycles. The molecule has 2 N–H and O–H groups in total. The lowest BCUT2D eigenvalue weighted by Crippen LogP contribution is -2.04. The van der Waals surface area contributed by atoms with E-state index in [1.807, 2.05) is 30.3 Å². The molecule has 0 spiro atoms. The van der Waals surface area contributed by atoms with Gasteiger partial charge in [-0.25, -0.2) is 14.8 Å². The lowest BCUT2D eigenvalue weighted by molar-refractivity contribution is 0.0526. The van der Waals surface area contributed by atoms with E-state index in [0.29, 0.717) is 23.8 Å². The van der Waals surface area contributed by atoms with Crippen molar-refractivity contribution in [1.82, 2.24) is 9.97 Å². The largest absolute Gasteiger partial charge is 0.462 e. The molecule has 0 atom stereocenters. The van der Waals surface area contributed by atoms with Crippen molar-refractivity contribution in [3.05, 3.63) is 71.5 Å². The summed E-state index contributed by atoms with van der Waals surface area (Å²) in [6.07, 6.45) is 1.50. The van der Waals surface area contributed by atoms with E-state index in [1.165, 1.54) is 17.5 Å². The average Bonchev–Trinajstić information content (AvgIpc) is 2.67. The Balaban J connectivity index is 1.72. The number of rotatable bonds is 6. The maximum atomic E-state index is 11.7. The number of ether oxygens (including phenoxy) is 1. The molecule has 0 saturated carbocycles. The van der Waals surface area contributed by atoms with Gasteiger partial charge in [-0.2, -0.15) is 0 Å². The number of carbonyl (C=O) groups is 1. The number of hydrogen-bond acceptors (Lipinski definition) is 6. The Bertz CT molecular complexity index is 939. The highest BCUT2D eigenvalue weighted by molar-refractivity contribution is 5.89. The summed E-state index contributed by atoms with van der Waals surface area (Å²) in [5, 5.41) is 6.54. The fourth-order valence-corrected chi connectivity index (χ4v) is 2.57. The molecule has 0 amide bonds. The molecule has 6 heteroatoms. The Kier molecular flexibility index (Phi) is 5.66. The highest BCUT2D eigenvalue weighted by Gasteiger charge is 2.07. The summed E-state index contributed by atoms with van der Waals surface area (Å²) in [5.74, 6) is 1.03. The second-order valence-corrected chi connectivity index (χ2v) is 6.08. The van der Waals surface area contributed by atoms with Gasteiger partial charge in [0.25, 0.3) is 0 Å². The van der Waals surface area contributed by atoms with Gasteiger partial charge in [-0.05, 0) is 62.2 Å². The summed E-state index contributed by atoms with van der Waals surface area (Å²) < 4.78 is 4.99. The van der Waals surface area contributed by atoms with Crippen molar-refractivity contribution in [2.24, 2.45) is 0 Å². The minimum atomic E-state index is -0.328. The van der Waals surface area contributed by atoms with Gasteiger partial charge in [-0.3, -0.25) is 0 Å². The number of carbonyl (C=O) groups excluding carboxylic acids is 1. The third-order valence-corrected chi connectivity index (χ3v) is 4.20. The Hall–Kier alpha value is -3.41. The number of aryl methyl sites for hydroxylation is 1. The summed E-state index contributed by atoms with van der Waals surface area (Å²) in [6, 6.07) is 15.0. The molecule has 1 aromatic heterocycles. The molecular weight excluding hydrogens is 340 g/mol. The summed E-state index contributed by atoms with van der Waals surface area (Å²) >= 11 is 0. The topological polar surface area (TPSA) is 76.1 Å². The van der Waals surface area contributed by atoms with Crippen molar-refractivity contribution >= 4 is 29.0 Å². The van der Waals surface area contributed by atoms with Crippen molar-refractivity contribution in [2.45, 2.75) is 20.8 Å². The standard InChI is InChI=1S/C21H22N4O2/c1-4-27-21(26)16-8-10-17(11-9-16)24-19-12-20(23-13-22-19)25-18-7-5-6-14(2)15(18)3/h5-13H,4H2,1-3H3,(H2,22,23,24,25). The van der Waals surface area contributed by atoms with Gasteiger partial charge in [0, 0.05) is 17.4 Å². The van der Waals surface area contributed by atoms with Gasteiger partial charge in [0.05, 0.1) is 12.2 Å². The SMILES string of the molecule is CCOC(=O)c1ccc(Nc2cc(Nc3cccc(C)c3C)ncn2)cc1. The molecule has 0 saturated heterocycles. The number of nitrogens with zero attached hydrogens (tertiary/aromatic N) is 2. The van der Waals surface area contributed by atoms with Crippen molar-refractivity contribution in [3.63, 3.8) is 0 Å². The first-order valence-corrected chi connectivity index (χ1v) is 8.76. The van der Waals surface area contributed by atoms with Gasteiger partial charge in [0.15, 0.2) is 0 Å². The molecule has 0 bridgehead atoms. The van der Waals surface area contributed by atoms with Crippen molar-refractivity contribution < 1.29 is 9.53 Å². The monoisotopic (exact) mass is 362 g/mol. The summed E-state index contributed by atoms with van der Waals surface area (Å²) in [4.78, 5) is 20.2. The van der Waals surface area contributed by atoms with Crippen LogP contribution >= 0.6 is 0 Å². The van der Waals surface area contributed by atoms with E-state index < -0.39 is 0 Å². The van der Waals surface area contributed by atoms with Gasteiger partial charge in [0.1, 0.15) is 18.0 Å². The first-order chi connectivity index (χ1) is 13.1. The van der Waals surface area contributed by atoms with Crippen LogP contribution < -0.4 is 10.6 Å². The molecule has 0 radical (unpaired) electrons. The number of hydrogen-bond donors (Lipinski definition) is 2. The van der Waals surface area contributed by atoms with E-state index in [0.717, 1.165) is 11.4 Å². The van der Waals surface area contributed by atoms with E-state index in [4.69, 9.17) is 4.74 Å². The number of anilines is 4. The van der Waals surface area contributed by atoms with Crippen LogP contribution in [0.15, 0.2) is 54.9 Å². The number of nitrogens with one attached hydrogen (secondary N) is 2. The van der Waals surface area contributed by atoms with Crippen molar-refractivity contribution in [2.75, 3.05) is 17.2 Å². The molecule has 0 unspecified atom stereocenters. The predicted molar refractivity (Wildman–Crippen MR) is 107 cm³/mol. The summed E-state index contributed by atoms with van der Waals surface area (Å²) in [5.41, 5.74) is 4.74. The second-order valence-electron chi connectivity index (χ2n) is 6.08. The fourth-order valence-electron chi connectivity index (χ4n) is 2.57. The van der Waals surface area contributed by atoms with Crippen LogP contribution in [0.4, 0.5) is 23.0 Å². The molecule has 1 heterocycles. The van der Waals surface area contributed by atoms with Crippen LogP contribution in [0.25, 0.3) is 0 Å². The number of aromatic nitrogens is 2. The molecule has 3 aromatic rings. The molecule has 138 valence electrons. The Labute approximate surface area is 158 Å². The zero-order chi connectivity index (χ0) is 19.2. The van der Waals surface area contributed by atoms with Gasteiger partial charge in [-0.15, -0.1) is 0 Å². The maximum Gasteiger partial charge on any atom is 0.338 e. The van der Waals surface area contributed by atoms with Crippen LogP contribution in [0.5, 0.6) is 0 Å². The zero-order valence-electron chi connectivity index (χ0n) is 15.6. The Morgan fingerprint density at radius 2 is 1.70 bits per heavy atom. The van der Waals surface area contributed by atoms with Crippen LogP contribution in [-0.2, 0) is 4.74 Å². The van der Waals surface area contributed by atoms with Crippen LogP contribution in [-0.4, -0.2) is 22.5 Å². The van der Waals surface area contributed by atoms with E-state index in [-0.39, 0.29) is 5.97 Å². The quantitative estimate of drug-likeness (QED) is 0.616. The molecular formula is C21H22N4O2. The van der Waals surface area contributed by atoms with Crippen LogP contribution in [0.3, 0.4) is 0 Å². The van der Waals surface area contributed by atoms with Gasteiger partial charge >= 0.3 is 5.97 Å². The molecule has 6 nitrogen and oxygen atoms in total. The normalized spacial score (nSPS) is 10.3. The molecule has 0 aliphatic rings. The van der Waals surface area contributed by atoms with Gasteiger partial charge in [0.2, 0.25) is 0 Å². The van der Waals surface area contributed by atoms with Crippen molar-refractivity contribution in [3.8, 4) is 0 Å². The highest BCUT2D eigenvalue weighted by Crippen LogP contribution is 2.23. The van der Waals surface area contributed by atoms with Gasteiger partial charge < -0.3 is 15.4 Å². The maximum absolute atomic E-state index is 11.7. The summed E-state index contributed by atoms with van der Waals surface area (Å²) in [7, 11) is 0. The highest BCUT2D eigenvalue weighted by atomic mass is 16.5. The van der Waals surface area contributed by atoms with E-state index in [9.17, 15) is 4.79 Å². The summed E-state index contributed by atoms with van der Waals surface area (Å²) in [6.45, 7) is 6.29. The lowest BCUT2D eigenvalue weighted by atomic mass is 10.1.